The Balaban J connectivity index is 1.49. The lowest BCUT2D eigenvalue weighted by Crippen LogP contribution is -2.18. The van der Waals surface area contributed by atoms with Crippen molar-refractivity contribution in [2.24, 2.45) is 5.92 Å². The number of anilines is 3. The normalized spacial score (nSPS) is 17.6. The first-order valence-electron chi connectivity index (χ1n) is 11.0. The molecule has 192 valence electrons. The zero-order valence-corrected chi connectivity index (χ0v) is 23.2. The van der Waals surface area contributed by atoms with Crippen molar-refractivity contribution in [3.63, 3.8) is 0 Å². The van der Waals surface area contributed by atoms with Gasteiger partial charge in [0.15, 0.2) is 0 Å². The molecular formula is C26H20Cl5N3O3. The fourth-order valence-corrected chi connectivity index (χ4v) is 5.67. The van der Waals surface area contributed by atoms with Crippen LogP contribution in [0.2, 0.25) is 15.1 Å². The number of hydrogen-bond acceptors (Lipinski definition) is 3. The van der Waals surface area contributed by atoms with E-state index in [0.717, 1.165) is 5.56 Å². The van der Waals surface area contributed by atoms with E-state index in [1.54, 1.807) is 49.4 Å². The van der Waals surface area contributed by atoms with Crippen LogP contribution < -0.4 is 16.0 Å². The summed E-state index contributed by atoms with van der Waals surface area (Å²) in [6, 6.07) is 14.5. The molecule has 3 aromatic carbocycles. The Morgan fingerprint density at radius 3 is 2.05 bits per heavy atom. The molecule has 0 unspecified atom stereocenters. The minimum absolute atomic E-state index is 0.154. The largest absolute Gasteiger partial charge is 0.326 e. The average Bonchev–Trinajstić information content (AvgIpc) is 3.38. The van der Waals surface area contributed by atoms with Crippen LogP contribution in [0.25, 0.3) is 0 Å². The van der Waals surface area contributed by atoms with E-state index in [1.165, 1.54) is 19.1 Å². The lowest BCUT2D eigenvalue weighted by atomic mass is 10.1. The van der Waals surface area contributed by atoms with Gasteiger partial charge in [0.25, 0.3) is 5.91 Å². The number of halogens is 5. The Hall–Kier alpha value is -2.48. The van der Waals surface area contributed by atoms with Crippen molar-refractivity contribution < 1.29 is 14.4 Å². The zero-order chi connectivity index (χ0) is 27.1. The molecular weight excluding hydrogens is 580 g/mol. The Morgan fingerprint density at radius 2 is 1.43 bits per heavy atom. The standard InChI is InChI=1S/C26H20Cl5N3O3/c1-12-7-17(32-13(2)35)4-6-21(12)34-24(36)19-11-18(3-5-20(19)29)33-25(37)23-22(26(23,30)31)14-8-15(27)10-16(28)9-14/h3-11,22-23H,1-2H3,(H,32,35)(H,33,37)(H,34,36)/t22-,23+/m0/s1. The maximum Gasteiger partial charge on any atom is 0.257 e. The highest BCUT2D eigenvalue weighted by molar-refractivity contribution is 6.53. The van der Waals surface area contributed by atoms with Gasteiger partial charge in [0.05, 0.1) is 16.5 Å². The Labute approximate surface area is 238 Å². The first kappa shape index (κ1) is 27.6. The van der Waals surface area contributed by atoms with E-state index >= 15 is 0 Å². The van der Waals surface area contributed by atoms with E-state index in [2.05, 4.69) is 16.0 Å². The van der Waals surface area contributed by atoms with Crippen molar-refractivity contribution in [3.8, 4) is 0 Å². The second kappa shape index (κ2) is 10.7. The number of amides is 3. The number of benzene rings is 3. The number of carbonyl (C=O) groups excluding carboxylic acids is 3. The molecule has 37 heavy (non-hydrogen) atoms. The molecule has 3 N–H and O–H groups in total. The van der Waals surface area contributed by atoms with Gasteiger partial charge in [-0.1, -0.05) is 34.8 Å². The van der Waals surface area contributed by atoms with E-state index in [-0.39, 0.29) is 16.5 Å². The van der Waals surface area contributed by atoms with Gasteiger partial charge in [-0.25, -0.2) is 0 Å². The van der Waals surface area contributed by atoms with Gasteiger partial charge in [0.2, 0.25) is 11.8 Å². The molecule has 0 aromatic heterocycles. The Kier molecular flexibility index (Phi) is 7.98. The smallest absolute Gasteiger partial charge is 0.257 e. The van der Waals surface area contributed by atoms with Crippen molar-refractivity contribution >= 4 is 92.8 Å². The SMILES string of the molecule is CC(=O)Nc1ccc(NC(=O)c2cc(NC(=O)[C@H]3[C@H](c4cc(Cl)cc(Cl)c4)C3(Cl)Cl)ccc2Cl)c(C)c1. The van der Waals surface area contributed by atoms with Crippen LogP contribution in [-0.4, -0.2) is 22.1 Å². The Bertz CT molecular complexity index is 1410. The van der Waals surface area contributed by atoms with Crippen LogP contribution in [-0.2, 0) is 9.59 Å². The second-order valence-corrected chi connectivity index (χ2v) is 11.4. The van der Waals surface area contributed by atoms with Gasteiger partial charge in [0, 0.05) is 39.9 Å². The molecule has 0 heterocycles. The number of nitrogens with one attached hydrogen (secondary N) is 3. The number of hydrogen-bond donors (Lipinski definition) is 3. The van der Waals surface area contributed by atoms with E-state index in [4.69, 9.17) is 58.0 Å². The predicted molar refractivity (Wildman–Crippen MR) is 151 cm³/mol. The van der Waals surface area contributed by atoms with Gasteiger partial charge >= 0.3 is 0 Å². The third-order valence-electron chi connectivity index (χ3n) is 5.85. The van der Waals surface area contributed by atoms with Gasteiger partial charge in [-0.2, -0.15) is 0 Å². The van der Waals surface area contributed by atoms with Crippen LogP contribution in [0.15, 0.2) is 54.6 Å². The molecule has 3 aromatic rings. The summed E-state index contributed by atoms with van der Waals surface area (Å²) >= 11 is 31.3. The summed E-state index contributed by atoms with van der Waals surface area (Å²) in [6.45, 7) is 3.21. The van der Waals surface area contributed by atoms with Crippen molar-refractivity contribution in [2.45, 2.75) is 24.1 Å². The predicted octanol–water partition coefficient (Wildman–Crippen LogP) is 7.69. The van der Waals surface area contributed by atoms with Crippen LogP contribution in [0.5, 0.6) is 0 Å². The maximum absolute atomic E-state index is 13.0. The molecule has 1 fully saturated rings. The zero-order valence-electron chi connectivity index (χ0n) is 19.5. The van der Waals surface area contributed by atoms with Crippen molar-refractivity contribution in [3.05, 3.63) is 86.4 Å². The van der Waals surface area contributed by atoms with E-state index in [0.29, 0.717) is 32.7 Å². The molecule has 0 saturated heterocycles. The maximum atomic E-state index is 13.0. The minimum Gasteiger partial charge on any atom is -0.326 e. The molecule has 1 saturated carbocycles. The number of aryl methyl sites for hydroxylation is 1. The molecule has 0 aliphatic heterocycles. The summed E-state index contributed by atoms with van der Waals surface area (Å²) < 4.78 is -1.34. The topological polar surface area (TPSA) is 87.3 Å². The highest BCUT2D eigenvalue weighted by atomic mass is 35.5. The number of rotatable bonds is 6. The summed E-state index contributed by atoms with van der Waals surface area (Å²) in [5, 5.41) is 9.26. The number of carbonyl (C=O) groups is 3. The third-order valence-corrected chi connectivity index (χ3v) is 7.56. The Morgan fingerprint density at radius 1 is 0.811 bits per heavy atom. The van der Waals surface area contributed by atoms with Gasteiger partial charge in [-0.15, -0.1) is 23.2 Å². The third kappa shape index (κ3) is 6.16. The molecule has 1 aliphatic carbocycles. The lowest BCUT2D eigenvalue weighted by molar-refractivity contribution is -0.117. The van der Waals surface area contributed by atoms with Gasteiger partial charge in [-0.3, -0.25) is 14.4 Å². The van der Waals surface area contributed by atoms with Gasteiger partial charge in [0.1, 0.15) is 4.33 Å². The fourth-order valence-electron chi connectivity index (χ4n) is 4.09. The van der Waals surface area contributed by atoms with E-state index in [9.17, 15) is 14.4 Å². The van der Waals surface area contributed by atoms with Crippen molar-refractivity contribution in [1.29, 1.82) is 0 Å². The molecule has 6 nitrogen and oxygen atoms in total. The lowest BCUT2D eigenvalue weighted by Gasteiger charge is -2.13. The van der Waals surface area contributed by atoms with Crippen LogP contribution in [0.4, 0.5) is 17.1 Å². The quantitative estimate of drug-likeness (QED) is 0.254. The molecule has 2 atom stereocenters. The van der Waals surface area contributed by atoms with Crippen LogP contribution in [0.3, 0.4) is 0 Å². The van der Waals surface area contributed by atoms with E-state index < -0.39 is 28.0 Å². The first-order chi connectivity index (χ1) is 17.4. The molecule has 3 amide bonds. The van der Waals surface area contributed by atoms with Crippen LogP contribution in [0.1, 0.15) is 34.3 Å². The summed E-state index contributed by atoms with van der Waals surface area (Å²) in [4.78, 5) is 37.3. The minimum atomic E-state index is -1.34. The van der Waals surface area contributed by atoms with Gasteiger partial charge < -0.3 is 16.0 Å². The summed E-state index contributed by atoms with van der Waals surface area (Å²) in [6.07, 6.45) is 0. The number of alkyl halides is 2. The van der Waals surface area contributed by atoms with E-state index in [1.807, 2.05) is 0 Å². The molecule has 0 radical (unpaired) electrons. The highest BCUT2D eigenvalue weighted by Crippen LogP contribution is 2.65. The van der Waals surface area contributed by atoms with Crippen molar-refractivity contribution in [1.82, 2.24) is 0 Å². The molecule has 11 heteroatoms. The molecule has 4 rings (SSSR count). The first-order valence-corrected chi connectivity index (χ1v) is 12.9. The van der Waals surface area contributed by atoms with Crippen LogP contribution in [0, 0.1) is 12.8 Å². The highest BCUT2D eigenvalue weighted by Gasteiger charge is 2.67. The second-order valence-electron chi connectivity index (χ2n) is 8.68. The van der Waals surface area contributed by atoms with Crippen LogP contribution >= 0.6 is 58.0 Å². The van der Waals surface area contributed by atoms with Gasteiger partial charge in [-0.05, 0) is 72.6 Å². The van der Waals surface area contributed by atoms with Crippen molar-refractivity contribution in [2.75, 3.05) is 16.0 Å². The molecule has 0 bridgehead atoms. The monoisotopic (exact) mass is 597 g/mol. The summed E-state index contributed by atoms with van der Waals surface area (Å²) in [5.41, 5.74) is 3.04. The average molecular weight is 600 g/mol. The summed E-state index contributed by atoms with van der Waals surface area (Å²) in [7, 11) is 0. The fraction of sp³-hybridized carbons (Fsp3) is 0.192. The molecule has 0 spiro atoms. The molecule has 1 aliphatic rings. The summed E-state index contributed by atoms with van der Waals surface area (Å²) in [5.74, 6) is -2.37.